The van der Waals surface area contributed by atoms with Gasteiger partial charge in [-0.25, -0.2) is 9.97 Å². The van der Waals surface area contributed by atoms with Crippen molar-refractivity contribution in [2.75, 3.05) is 31.3 Å². The van der Waals surface area contributed by atoms with Crippen molar-refractivity contribution in [3.05, 3.63) is 11.9 Å². The van der Waals surface area contributed by atoms with Crippen LogP contribution in [0.2, 0.25) is 0 Å². The lowest BCUT2D eigenvalue weighted by molar-refractivity contribution is 0.528. The molecule has 0 amide bonds. The normalized spacial score (nSPS) is 11.3. The summed E-state index contributed by atoms with van der Waals surface area (Å²) in [5, 5.41) is 9.55. The first kappa shape index (κ1) is 12.7. The van der Waals surface area contributed by atoms with Gasteiger partial charge in [-0.15, -0.1) is 0 Å². The van der Waals surface area contributed by atoms with E-state index >= 15 is 0 Å². The lowest BCUT2D eigenvalue weighted by Gasteiger charge is -2.26. The van der Waals surface area contributed by atoms with Crippen LogP contribution < -0.4 is 16.0 Å². The van der Waals surface area contributed by atoms with E-state index in [1.54, 1.807) is 0 Å². The first-order valence-electron chi connectivity index (χ1n) is 5.43. The number of hydrogen-bond donors (Lipinski definition) is 3. The molecule has 0 radical (unpaired) electrons. The fraction of sp³-hybridized carbons (Fsp3) is 0.636. The fourth-order valence-corrected chi connectivity index (χ4v) is 1.59. The van der Waals surface area contributed by atoms with Gasteiger partial charge in [-0.3, -0.25) is 0 Å². The molecule has 0 aliphatic heterocycles. The third-order valence-corrected chi connectivity index (χ3v) is 2.18. The minimum atomic E-state index is -0.0411. The molecule has 0 bridgehead atoms. The van der Waals surface area contributed by atoms with E-state index < -0.39 is 0 Å². The van der Waals surface area contributed by atoms with E-state index in [1.807, 2.05) is 27.1 Å². The summed E-state index contributed by atoms with van der Waals surface area (Å²) in [5.41, 5.74) is -0.0411. The quantitative estimate of drug-likeness (QED) is 0.701. The second-order valence-corrected chi connectivity index (χ2v) is 4.47. The zero-order valence-electron chi connectivity index (χ0n) is 10.7. The van der Waals surface area contributed by atoms with Crippen LogP contribution >= 0.6 is 0 Å². The lowest BCUT2D eigenvalue weighted by Crippen LogP contribution is -2.41. The predicted octanol–water partition coefficient (Wildman–Crippen LogP) is 1.24. The highest BCUT2D eigenvalue weighted by atomic mass is 15.1. The number of nitrogens with one attached hydrogen (secondary N) is 3. The van der Waals surface area contributed by atoms with Crippen molar-refractivity contribution in [1.82, 2.24) is 15.3 Å². The van der Waals surface area contributed by atoms with Crippen molar-refractivity contribution in [3.8, 4) is 0 Å². The van der Waals surface area contributed by atoms with Gasteiger partial charge in [-0.1, -0.05) is 0 Å². The molecule has 0 aromatic carbocycles. The maximum absolute atomic E-state index is 4.36. The van der Waals surface area contributed by atoms with Gasteiger partial charge in [0.1, 0.15) is 17.5 Å². The second-order valence-electron chi connectivity index (χ2n) is 4.47. The number of aryl methyl sites for hydroxylation is 1. The van der Waals surface area contributed by atoms with Gasteiger partial charge in [0.15, 0.2) is 0 Å². The minimum Gasteiger partial charge on any atom is -0.373 e. The third kappa shape index (κ3) is 3.66. The van der Waals surface area contributed by atoms with Gasteiger partial charge in [0.2, 0.25) is 0 Å². The minimum absolute atomic E-state index is 0.0411. The van der Waals surface area contributed by atoms with Crippen LogP contribution in [-0.4, -0.2) is 36.1 Å². The zero-order chi connectivity index (χ0) is 12.2. The maximum Gasteiger partial charge on any atom is 0.132 e. The molecule has 0 spiro atoms. The van der Waals surface area contributed by atoms with Gasteiger partial charge in [0.05, 0.1) is 0 Å². The van der Waals surface area contributed by atoms with Gasteiger partial charge < -0.3 is 16.0 Å². The van der Waals surface area contributed by atoms with E-state index in [-0.39, 0.29) is 5.54 Å². The molecule has 5 heteroatoms. The molecule has 0 unspecified atom stereocenters. The highest BCUT2D eigenvalue weighted by Crippen LogP contribution is 2.15. The average molecular weight is 223 g/mol. The average Bonchev–Trinajstić information content (AvgIpc) is 2.15. The first-order chi connectivity index (χ1) is 7.46. The maximum atomic E-state index is 4.36. The molecule has 0 fully saturated rings. The van der Waals surface area contributed by atoms with Crippen molar-refractivity contribution in [2.24, 2.45) is 0 Å². The van der Waals surface area contributed by atoms with E-state index in [1.165, 1.54) is 0 Å². The summed E-state index contributed by atoms with van der Waals surface area (Å²) >= 11 is 0. The molecule has 1 rings (SSSR count). The molecule has 1 aromatic rings. The zero-order valence-corrected chi connectivity index (χ0v) is 10.7. The van der Waals surface area contributed by atoms with E-state index in [0.717, 1.165) is 24.0 Å². The number of nitrogens with zero attached hydrogens (tertiary/aromatic N) is 2. The van der Waals surface area contributed by atoms with Gasteiger partial charge in [0, 0.05) is 25.2 Å². The van der Waals surface area contributed by atoms with Crippen molar-refractivity contribution in [1.29, 1.82) is 0 Å². The van der Waals surface area contributed by atoms with Gasteiger partial charge in [-0.05, 0) is 27.8 Å². The van der Waals surface area contributed by atoms with Crippen LogP contribution in [-0.2, 0) is 0 Å². The molecular weight excluding hydrogens is 202 g/mol. The molecule has 1 heterocycles. The Bertz CT molecular complexity index is 348. The van der Waals surface area contributed by atoms with Gasteiger partial charge in [0.25, 0.3) is 0 Å². The van der Waals surface area contributed by atoms with E-state index in [4.69, 9.17) is 0 Å². The number of likely N-dealkylation sites (N-methyl/N-ethyl adjacent to an activating group) is 1. The smallest absolute Gasteiger partial charge is 0.132 e. The summed E-state index contributed by atoms with van der Waals surface area (Å²) in [6.07, 6.45) is 0. The predicted molar refractivity (Wildman–Crippen MR) is 67.9 cm³/mol. The molecule has 0 saturated carbocycles. The lowest BCUT2D eigenvalue weighted by atomic mass is 10.1. The summed E-state index contributed by atoms with van der Waals surface area (Å²) in [4.78, 5) is 8.61. The second kappa shape index (κ2) is 5.12. The van der Waals surface area contributed by atoms with Gasteiger partial charge >= 0.3 is 0 Å². The Morgan fingerprint density at radius 3 is 2.38 bits per heavy atom. The molecule has 16 heavy (non-hydrogen) atoms. The molecule has 0 atom stereocenters. The van der Waals surface area contributed by atoms with E-state index in [0.29, 0.717) is 0 Å². The van der Waals surface area contributed by atoms with Crippen molar-refractivity contribution >= 4 is 11.6 Å². The van der Waals surface area contributed by atoms with Crippen LogP contribution in [0.1, 0.15) is 19.7 Å². The Kier molecular flexibility index (Phi) is 4.06. The van der Waals surface area contributed by atoms with Crippen LogP contribution in [0.25, 0.3) is 0 Å². The highest BCUT2D eigenvalue weighted by molar-refractivity contribution is 5.48. The van der Waals surface area contributed by atoms with Crippen LogP contribution in [0.4, 0.5) is 11.6 Å². The highest BCUT2D eigenvalue weighted by Gasteiger charge is 2.17. The Morgan fingerprint density at radius 1 is 1.19 bits per heavy atom. The van der Waals surface area contributed by atoms with Crippen molar-refractivity contribution < 1.29 is 0 Å². The number of anilines is 2. The van der Waals surface area contributed by atoms with Crippen molar-refractivity contribution in [2.45, 2.75) is 26.3 Å². The summed E-state index contributed by atoms with van der Waals surface area (Å²) < 4.78 is 0. The largest absolute Gasteiger partial charge is 0.373 e. The van der Waals surface area contributed by atoms with Crippen molar-refractivity contribution in [3.63, 3.8) is 0 Å². The summed E-state index contributed by atoms with van der Waals surface area (Å²) in [5.74, 6) is 2.43. The Hall–Kier alpha value is -1.36. The monoisotopic (exact) mass is 223 g/mol. The molecular formula is C11H21N5. The molecule has 0 aliphatic carbocycles. The third-order valence-electron chi connectivity index (χ3n) is 2.18. The van der Waals surface area contributed by atoms with E-state index in [9.17, 15) is 0 Å². The molecule has 90 valence electrons. The van der Waals surface area contributed by atoms with Crippen LogP contribution in [0.3, 0.4) is 0 Å². The summed E-state index contributed by atoms with van der Waals surface area (Å²) in [7, 11) is 3.79. The van der Waals surface area contributed by atoms with Crippen LogP contribution in [0.15, 0.2) is 6.07 Å². The SMILES string of the molecule is CNCC(C)(C)Nc1cc(NC)nc(C)n1. The van der Waals surface area contributed by atoms with Crippen LogP contribution in [0.5, 0.6) is 0 Å². The van der Waals surface area contributed by atoms with Gasteiger partial charge in [-0.2, -0.15) is 0 Å². The summed E-state index contributed by atoms with van der Waals surface area (Å²) in [6, 6.07) is 1.91. The first-order valence-corrected chi connectivity index (χ1v) is 5.43. The van der Waals surface area contributed by atoms with Crippen LogP contribution in [0, 0.1) is 6.92 Å². The summed E-state index contributed by atoms with van der Waals surface area (Å²) in [6.45, 7) is 7.00. The Morgan fingerprint density at radius 2 is 1.81 bits per heavy atom. The fourth-order valence-electron chi connectivity index (χ4n) is 1.59. The molecule has 3 N–H and O–H groups in total. The number of hydrogen-bond acceptors (Lipinski definition) is 5. The topological polar surface area (TPSA) is 61.9 Å². The van der Waals surface area contributed by atoms with E-state index in [2.05, 4.69) is 39.8 Å². The molecule has 0 aliphatic rings. The number of aromatic nitrogens is 2. The number of rotatable bonds is 5. The molecule has 0 saturated heterocycles. The Labute approximate surface area is 97.1 Å². The molecule has 5 nitrogen and oxygen atoms in total. The standard InChI is InChI=1S/C11H21N5/c1-8-14-9(13-5)6-10(15-8)16-11(2,3)7-12-4/h6,12H,7H2,1-5H3,(H2,13,14,15,16). The Balaban J connectivity index is 2.84. The molecule has 1 aromatic heterocycles.